The third-order valence-electron chi connectivity index (χ3n) is 2.14. The van der Waals surface area contributed by atoms with E-state index in [0.29, 0.717) is 5.75 Å². The van der Waals surface area contributed by atoms with Crippen LogP contribution in [0.2, 0.25) is 0 Å². The van der Waals surface area contributed by atoms with Crippen LogP contribution in [0.1, 0.15) is 0 Å². The summed E-state index contributed by atoms with van der Waals surface area (Å²) in [7, 11) is -0.167. The van der Waals surface area contributed by atoms with Crippen molar-refractivity contribution in [2.45, 2.75) is 0 Å². The van der Waals surface area contributed by atoms with Gasteiger partial charge in [-0.2, -0.15) is 0 Å². The molecule has 0 bridgehead atoms. The maximum atomic E-state index is 5.42. The zero-order valence-electron chi connectivity index (χ0n) is 8.44. The van der Waals surface area contributed by atoms with Gasteiger partial charge in [0, 0.05) is 11.5 Å². The zero-order valence-corrected chi connectivity index (χ0v) is 10.4. The highest BCUT2D eigenvalue weighted by Gasteiger charge is 2.05. The molecule has 84 valence electrons. The average Bonchev–Trinajstić information content (AvgIpc) is 2.30. The summed E-state index contributed by atoms with van der Waals surface area (Å²) in [6.07, 6.45) is 0. The standard InChI is InChI=1S/C10H12N2O2P2/c11-15-13-8-5-7-3-1-2-4-9(7)10(6-8)14-16-12/h1-6,15-16H,11-12H2. The normalized spacial score (nSPS) is 11.9. The van der Waals surface area contributed by atoms with Crippen LogP contribution in [0.3, 0.4) is 0 Å². The lowest BCUT2D eigenvalue weighted by atomic mass is 10.1. The molecule has 16 heavy (non-hydrogen) atoms. The van der Waals surface area contributed by atoms with Crippen molar-refractivity contribution in [1.82, 2.24) is 0 Å². The van der Waals surface area contributed by atoms with Crippen molar-refractivity contribution in [3.63, 3.8) is 0 Å². The van der Waals surface area contributed by atoms with Gasteiger partial charge in [-0.3, -0.25) is 11.0 Å². The van der Waals surface area contributed by atoms with E-state index in [1.807, 2.05) is 36.4 Å². The fourth-order valence-electron chi connectivity index (χ4n) is 1.52. The van der Waals surface area contributed by atoms with Crippen molar-refractivity contribution < 1.29 is 9.05 Å². The number of nitrogens with two attached hydrogens (primary N) is 2. The van der Waals surface area contributed by atoms with Gasteiger partial charge in [-0.1, -0.05) is 24.3 Å². The minimum Gasteiger partial charge on any atom is -0.461 e. The fraction of sp³-hybridized carbons (Fsp3) is 0. The molecule has 0 heterocycles. The van der Waals surface area contributed by atoms with Gasteiger partial charge in [0.15, 0.2) is 0 Å². The Morgan fingerprint density at radius 1 is 0.938 bits per heavy atom. The molecule has 2 aromatic rings. The molecule has 0 saturated heterocycles. The fourth-order valence-corrected chi connectivity index (χ4v) is 2.07. The summed E-state index contributed by atoms with van der Waals surface area (Å²) in [5, 5.41) is 2.07. The molecule has 6 heteroatoms. The first-order valence-corrected chi connectivity index (χ1v) is 6.60. The number of rotatable bonds is 4. The molecule has 2 rings (SSSR count). The number of hydrogen-bond acceptors (Lipinski definition) is 4. The monoisotopic (exact) mass is 254 g/mol. The van der Waals surface area contributed by atoms with E-state index in [9.17, 15) is 0 Å². The highest BCUT2D eigenvalue weighted by molar-refractivity contribution is 7.29. The molecule has 0 spiro atoms. The van der Waals surface area contributed by atoms with Gasteiger partial charge in [0.05, 0.1) is 0 Å². The molecule has 2 atom stereocenters. The van der Waals surface area contributed by atoms with Gasteiger partial charge in [0.1, 0.15) is 29.4 Å². The summed E-state index contributed by atoms with van der Waals surface area (Å²) in [6, 6.07) is 11.6. The zero-order chi connectivity index (χ0) is 11.4. The summed E-state index contributed by atoms with van der Waals surface area (Å²) >= 11 is 0. The average molecular weight is 254 g/mol. The van der Waals surface area contributed by atoms with Crippen LogP contribution in [0.4, 0.5) is 0 Å². The van der Waals surface area contributed by atoms with E-state index in [0.717, 1.165) is 16.5 Å². The first kappa shape index (κ1) is 11.6. The minimum atomic E-state index is -0.0876. The molecule has 4 nitrogen and oxygen atoms in total. The van der Waals surface area contributed by atoms with Gasteiger partial charge in [-0.05, 0) is 11.5 Å². The van der Waals surface area contributed by atoms with Crippen LogP contribution in [-0.2, 0) is 0 Å². The van der Waals surface area contributed by atoms with Gasteiger partial charge >= 0.3 is 0 Å². The lowest BCUT2D eigenvalue weighted by molar-refractivity contribution is 0.609. The molecule has 0 aliphatic heterocycles. The molecular weight excluding hydrogens is 242 g/mol. The maximum Gasteiger partial charge on any atom is 0.143 e. The van der Waals surface area contributed by atoms with Crippen LogP contribution in [0.5, 0.6) is 11.5 Å². The van der Waals surface area contributed by atoms with Crippen LogP contribution in [0.15, 0.2) is 36.4 Å². The van der Waals surface area contributed by atoms with Crippen LogP contribution in [0.25, 0.3) is 10.8 Å². The largest absolute Gasteiger partial charge is 0.461 e. The molecule has 0 amide bonds. The van der Waals surface area contributed by atoms with Crippen LogP contribution in [-0.4, -0.2) is 0 Å². The quantitative estimate of drug-likeness (QED) is 0.822. The summed E-state index contributed by atoms with van der Waals surface area (Å²) in [5.74, 6) is 1.43. The van der Waals surface area contributed by atoms with Crippen molar-refractivity contribution in [1.29, 1.82) is 0 Å². The Bertz CT molecular complexity index is 493. The Hall–Kier alpha value is -0.920. The van der Waals surface area contributed by atoms with Crippen molar-refractivity contribution >= 4 is 28.7 Å². The summed E-state index contributed by atoms with van der Waals surface area (Å²) in [4.78, 5) is 0. The Morgan fingerprint density at radius 3 is 2.44 bits per heavy atom. The van der Waals surface area contributed by atoms with E-state index in [1.54, 1.807) is 0 Å². The smallest absolute Gasteiger partial charge is 0.143 e. The van der Waals surface area contributed by atoms with E-state index < -0.39 is 0 Å². The molecule has 0 aliphatic carbocycles. The molecule has 0 aromatic heterocycles. The molecule has 0 aliphatic rings. The second-order valence-corrected chi connectivity index (χ2v) is 3.96. The lowest BCUT2D eigenvalue weighted by Gasteiger charge is -2.10. The number of hydrogen-bond donors (Lipinski definition) is 2. The Kier molecular flexibility index (Phi) is 3.92. The molecule has 2 unspecified atom stereocenters. The molecular formula is C10H12N2O2P2. The van der Waals surface area contributed by atoms with Gasteiger partial charge in [0.2, 0.25) is 0 Å². The van der Waals surface area contributed by atoms with E-state index >= 15 is 0 Å². The molecule has 0 radical (unpaired) electrons. The van der Waals surface area contributed by atoms with Crippen LogP contribution >= 0.6 is 17.9 Å². The van der Waals surface area contributed by atoms with E-state index in [2.05, 4.69) is 0 Å². The van der Waals surface area contributed by atoms with E-state index in [4.69, 9.17) is 20.1 Å². The highest BCUT2D eigenvalue weighted by Crippen LogP contribution is 2.34. The third-order valence-corrected chi connectivity index (χ3v) is 2.83. The first-order chi connectivity index (χ1) is 7.85. The summed E-state index contributed by atoms with van der Waals surface area (Å²) in [5.41, 5.74) is 10.8. The van der Waals surface area contributed by atoms with Crippen molar-refractivity contribution in [3.05, 3.63) is 36.4 Å². The Balaban J connectivity index is 2.54. The van der Waals surface area contributed by atoms with Gasteiger partial charge < -0.3 is 9.05 Å². The second-order valence-electron chi connectivity index (χ2n) is 3.08. The van der Waals surface area contributed by atoms with E-state index in [1.165, 1.54) is 0 Å². The predicted molar refractivity (Wildman–Crippen MR) is 70.2 cm³/mol. The van der Waals surface area contributed by atoms with Crippen molar-refractivity contribution in [2.75, 3.05) is 0 Å². The lowest BCUT2D eigenvalue weighted by Crippen LogP contribution is -1.89. The SMILES string of the molecule is NPOc1cc(OPN)c2ccccc2c1. The maximum absolute atomic E-state index is 5.42. The first-order valence-electron chi connectivity index (χ1n) is 4.63. The van der Waals surface area contributed by atoms with E-state index in [-0.39, 0.29) is 17.9 Å². The minimum absolute atomic E-state index is 0.0798. The predicted octanol–water partition coefficient (Wildman–Crippen LogP) is 2.53. The second kappa shape index (κ2) is 5.42. The molecule has 0 saturated carbocycles. The molecule has 2 aromatic carbocycles. The van der Waals surface area contributed by atoms with Gasteiger partial charge in [0.25, 0.3) is 0 Å². The summed E-state index contributed by atoms with van der Waals surface area (Å²) in [6.45, 7) is 0. The topological polar surface area (TPSA) is 70.5 Å². The van der Waals surface area contributed by atoms with Crippen molar-refractivity contribution in [2.24, 2.45) is 11.0 Å². The van der Waals surface area contributed by atoms with Crippen LogP contribution < -0.4 is 20.1 Å². The van der Waals surface area contributed by atoms with Crippen LogP contribution in [0, 0.1) is 0 Å². The number of benzene rings is 2. The van der Waals surface area contributed by atoms with Gasteiger partial charge in [-0.15, -0.1) is 0 Å². The summed E-state index contributed by atoms with van der Waals surface area (Å²) < 4.78 is 10.7. The Labute approximate surface area is 97.1 Å². The molecule has 4 N–H and O–H groups in total. The number of fused-ring (bicyclic) bond motifs is 1. The Morgan fingerprint density at radius 2 is 1.69 bits per heavy atom. The van der Waals surface area contributed by atoms with Gasteiger partial charge in [-0.25, -0.2) is 0 Å². The highest BCUT2D eigenvalue weighted by atomic mass is 31.1. The van der Waals surface area contributed by atoms with Crippen molar-refractivity contribution in [3.8, 4) is 11.5 Å². The molecule has 0 fully saturated rings. The third kappa shape index (κ3) is 2.42.